The van der Waals surface area contributed by atoms with E-state index < -0.39 is 0 Å². The quantitative estimate of drug-likeness (QED) is 0.853. The van der Waals surface area contributed by atoms with Gasteiger partial charge in [0.1, 0.15) is 6.04 Å². The Morgan fingerprint density at radius 2 is 2.05 bits per heavy atom. The lowest BCUT2D eigenvalue weighted by molar-refractivity contribution is -0.127. The highest BCUT2D eigenvalue weighted by atomic mass is 16.2. The third-order valence-corrected chi connectivity index (χ3v) is 3.82. The zero-order chi connectivity index (χ0) is 13.6. The smallest absolute Gasteiger partial charge is 0.252 e. The summed E-state index contributed by atoms with van der Waals surface area (Å²) in [5, 5.41) is 8.98. The number of nitrogens with zero attached hydrogens (tertiary/aromatic N) is 2. The second-order valence-corrected chi connectivity index (χ2v) is 4.91. The molecule has 3 rings (SSSR count). The maximum atomic E-state index is 12.1. The van der Waals surface area contributed by atoms with E-state index in [1.165, 1.54) is 4.90 Å². The number of fused-ring (bicyclic) bond motifs is 1. The van der Waals surface area contributed by atoms with E-state index in [2.05, 4.69) is 11.1 Å². The minimum Gasteiger partial charge on any atom is -0.361 e. The molecule has 0 bridgehead atoms. The summed E-state index contributed by atoms with van der Waals surface area (Å²) in [7, 11) is 3.44. The minimum atomic E-state index is -0.281. The van der Waals surface area contributed by atoms with Crippen molar-refractivity contribution in [3.8, 4) is 0 Å². The molecular formula is C14H16N4O. The van der Waals surface area contributed by atoms with Crippen molar-refractivity contribution in [1.29, 1.82) is 5.41 Å². The molecule has 0 radical (unpaired) electrons. The summed E-state index contributed by atoms with van der Waals surface area (Å²) >= 11 is 0. The van der Waals surface area contributed by atoms with Gasteiger partial charge in [-0.2, -0.15) is 0 Å². The summed E-state index contributed by atoms with van der Waals surface area (Å²) in [4.78, 5) is 18.5. The van der Waals surface area contributed by atoms with Gasteiger partial charge in [-0.05, 0) is 11.6 Å². The first kappa shape index (κ1) is 11.8. The number of hydrogen-bond donors (Lipinski definition) is 2. The third kappa shape index (κ3) is 1.69. The first-order valence-electron chi connectivity index (χ1n) is 6.23. The number of para-hydroxylation sites is 1. The molecule has 98 valence electrons. The molecule has 1 aliphatic heterocycles. The Morgan fingerprint density at radius 3 is 2.74 bits per heavy atom. The van der Waals surface area contributed by atoms with Gasteiger partial charge in [-0.25, -0.2) is 0 Å². The number of guanidine groups is 1. The van der Waals surface area contributed by atoms with Gasteiger partial charge >= 0.3 is 0 Å². The van der Waals surface area contributed by atoms with Crippen molar-refractivity contribution >= 4 is 22.8 Å². The topological polar surface area (TPSA) is 63.2 Å². The van der Waals surface area contributed by atoms with E-state index in [1.807, 2.05) is 24.4 Å². The van der Waals surface area contributed by atoms with Crippen LogP contribution in [0, 0.1) is 5.41 Å². The maximum absolute atomic E-state index is 12.1. The number of carbonyl (C=O) groups is 1. The van der Waals surface area contributed by atoms with Gasteiger partial charge in [-0.3, -0.25) is 15.1 Å². The number of H-pyrrole nitrogens is 1. The Balaban J connectivity index is 1.93. The summed E-state index contributed by atoms with van der Waals surface area (Å²) < 4.78 is 0. The minimum absolute atomic E-state index is 0.0159. The number of aromatic amines is 1. The molecule has 19 heavy (non-hydrogen) atoms. The number of carbonyl (C=O) groups excluding carboxylic acids is 1. The van der Waals surface area contributed by atoms with Gasteiger partial charge in [0.05, 0.1) is 0 Å². The zero-order valence-corrected chi connectivity index (χ0v) is 11.0. The van der Waals surface area contributed by atoms with Crippen LogP contribution in [0.3, 0.4) is 0 Å². The Kier molecular flexibility index (Phi) is 2.55. The van der Waals surface area contributed by atoms with Gasteiger partial charge in [0.2, 0.25) is 5.96 Å². The van der Waals surface area contributed by atoms with Crippen molar-refractivity contribution < 1.29 is 4.79 Å². The first-order valence-corrected chi connectivity index (χ1v) is 6.23. The zero-order valence-electron chi connectivity index (χ0n) is 11.0. The molecule has 0 saturated carbocycles. The van der Waals surface area contributed by atoms with Crippen LogP contribution in [0.1, 0.15) is 5.56 Å². The van der Waals surface area contributed by atoms with E-state index in [-0.39, 0.29) is 17.9 Å². The summed E-state index contributed by atoms with van der Waals surface area (Å²) in [5.74, 6) is 0.243. The monoisotopic (exact) mass is 256 g/mol. The number of benzene rings is 1. The standard InChI is InChI=1S/C14H16N4O/c1-17-12(13(19)18(2)14(17)15)7-9-8-16-11-6-4-3-5-10(9)11/h3-6,8,12,15-16H,7H2,1-2H3. The van der Waals surface area contributed by atoms with Crippen molar-refractivity contribution in [2.45, 2.75) is 12.5 Å². The normalized spacial score (nSPS) is 19.8. The Bertz CT molecular complexity index is 660. The summed E-state index contributed by atoms with van der Waals surface area (Å²) in [6.07, 6.45) is 2.57. The van der Waals surface area contributed by atoms with Crippen molar-refractivity contribution in [3.05, 3.63) is 36.0 Å². The van der Waals surface area contributed by atoms with Gasteiger partial charge < -0.3 is 9.88 Å². The lowest BCUT2D eigenvalue weighted by atomic mass is 10.0. The van der Waals surface area contributed by atoms with E-state index >= 15 is 0 Å². The third-order valence-electron chi connectivity index (χ3n) is 3.82. The molecule has 1 saturated heterocycles. The molecule has 5 heteroatoms. The van der Waals surface area contributed by atoms with Crippen LogP contribution >= 0.6 is 0 Å². The van der Waals surface area contributed by atoms with Gasteiger partial charge in [-0.15, -0.1) is 0 Å². The molecule has 2 aromatic rings. The second kappa shape index (κ2) is 4.12. The van der Waals surface area contributed by atoms with Crippen LogP contribution in [0.25, 0.3) is 10.9 Å². The molecule has 1 fully saturated rings. The first-order chi connectivity index (χ1) is 9.09. The van der Waals surface area contributed by atoms with Crippen LogP contribution < -0.4 is 0 Å². The average Bonchev–Trinajstić information content (AvgIpc) is 2.91. The number of nitrogens with one attached hydrogen (secondary N) is 2. The highest BCUT2D eigenvalue weighted by Crippen LogP contribution is 2.23. The fourth-order valence-corrected chi connectivity index (χ4v) is 2.61. The summed E-state index contributed by atoms with van der Waals surface area (Å²) in [6, 6.07) is 7.77. The molecule has 2 heterocycles. The molecule has 1 unspecified atom stereocenters. The van der Waals surface area contributed by atoms with Gasteiger partial charge in [0, 0.05) is 37.6 Å². The van der Waals surface area contributed by atoms with E-state index in [1.54, 1.807) is 19.0 Å². The average molecular weight is 256 g/mol. The van der Waals surface area contributed by atoms with Crippen LogP contribution in [-0.2, 0) is 11.2 Å². The van der Waals surface area contributed by atoms with Crippen LogP contribution in [0.4, 0.5) is 0 Å². The highest BCUT2D eigenvalue weighted by molar-refractivity contribution is 6.05. The summed E-state index contributed by atoms with van der Waals surface area (Å²) in [5.41, 5.74) is 2.19. The van der Waals surface area contributed by atoms with Crippen molar-refractivity contribution in [3.63, 3.8) is 0 Å². The van der Waals surface area contributed by atoms with Crippen molar-refractivity contribution in [2.75, 3.05) is 14.1 Å². The van der Waals surface area contributed by atoms with Crippen LogP contribution in [0.5, 0.6) is 0 Å². The van der Waals surface area contributed by atoms with Crippen LogP contribution in [0.2, 0.25) is 0 Å². The predicted octanol–water partition coefficient (Wildman–Crippen LogP) is 1.42. The number of rotatable bonds is 2. The molecule has 0 spiro atoms. The SMILES string of the molecule is CN1C(=N)N(C)C(Cc2c[nH]c3ccccc23)C1=O. The van der Waals surface area contributed by atoms with Crippen LogP contribution in [-0.4, -0.2) is 46.8 Å². The summed E-state index contributed by atoms with van der Waals surface area (Å²) in [6.45, 7) is 0. The van der Waals surface area contributed by atoms with Crippen LogP contribution in [0.15, 0.2) is 30.5 Å². The molecule has 1 amide bonds. The lowest BCUT2D eigenvalue weighted by Crippen LogP contribution is -2.33. The van der Waals surface area contributed by atoms with E-state index in [0.29, 0.717) is 6.42 Å². The van der Waals surface area contributed by atoms with Crippen molar-refractivity contribution in [1.82, 2.24) is 14.8 Å². The Hall–Kier alpha value is -2.30. The molecular weight excluding hydrogens is 240 g/mol. The van der Waals surface area contributed by atoms with E-state index in [4.69, 9.17) is 5.41 Å². The Labute approximate surface area is 111 Å². The van der Waals surface area contributed by atoms with E-state index in [9.17, 15) is 4.79 Å². The number of hydrogen-bond acceptors (Lipinski definition) is 2. The second-order valence-electron chi connectivity index (χ2n) is 4.91. The van der Waals surface area contributed by atoms with E-state index in [0.717, 1.165) is 16.5 Å². The fourth-order valence-electron chi connectivity index (χ4n) is 2.61. The molecule has 5 nitrogen and oxygen atoms in total. The van der Waals surface area contributed by atoms with Gasteiger partial charge in [0.15, 0.2) is 0 Å². The number of amides is 1. The predicted molar refractivity (Wildman–Crippen MR) is 74.1 cm³/mol. The Morgan fingerprint density at radius 1 is 1.32 bits per heavy atom. The number of likely N-dealkylation sites (N-methyl/N-ethyl adjacent to an activating group) is 2. The molecule has 1 aromatic heterocycles. The maximum Gasteiger partial charge on any atom is 0.252 e. The highest BCUT2D eigenvalue weighted by Gasteiger charge is 2.38. The molecule has 1 aliphatic rings. The van der Waals surface area contributed by atoms with Gasteiger partial charge in [-0.1, -0.05) is 18.2 Å². The fraction of sp³-hybridized carbons (Fsp3) is 0.286. The molecule has 2 N–H and O–H groups in total. The number of aromatic nitrogens is 1. The van der Waals surface area contributed by atoms with Crippen molar-refractivity contribution in [2.24, 2.45) is 0 Å². The lowest BCUT2D eigenvalue weighted by Gasteiger charge is -2.17. The molecule has 0 aliphatic carbocycles. The largest absolute Gasteiger partial charge is 0.361 e. The molecule has 1 atom stereocenters. The van der Waals surface area contributed by atoms with Gasteiger partial charge in [0.25, 0.3) is 5.91 Å². The molecule has 1 aromatic carbocycles.